The van der Waals surface area contributed by atoms with Crippen LogP contribution in [-0.4, -0.2) is 29.1 Å². The van der Waals surface area contributed by atoms with Gasteiger partial charge in [-0.1, -0.05) is 30.3 Å². The highest BCUT2D eigenvalue weighted by atomic mass is 19.2. The predicted octanol–water partition coefficient (Wildman–Crippen LogP) is 3.86. The fourth-order valence-corrected chi connectivity index (χ4v) is 2.97. The summed E-state index contributed by atoms with van der Waals surface area (Å²) in [6.45, 7) is 3.53. The molecule has 0 aliphatic rings. The first kappa shape index (κ1) is 17.3. The zero-order valence-corrected chi connectivity index (χ0v) is 15.1. The van der Waals surface area contributed by atoms with E-state index in [9.17, 15) is 8.78 Å². The summed E-state index contributed by atoms with van der Waals surface area (Å²) >= 11 is 0. The Hall–Kier alpha value is -3.16. The molecule has 0 radical (unpaired) electrons. The van der Waals surface area contributed by atoms with Crippen molar-refractivity contribution in [1.82, 2.24) is 29.1 Å². The molecule has 4 aromatic rings. The minimum atomic E-state index is -2.03. The summed E-state index contributed by atoms with van der Waals surface area (Å²) in [6.07, 6.45) is -0.725. The molecule has 0 saturated carbocycles. The molecule has 0 bridgehead atoms. The van der Waals surface area contributed by atoms with Crippen LogP contribution in [0.2, 0.25) is 0 Å². The molecular weight excluding hydrogens is 350 g/mol. The fraction of sp³-hybridized carbons (Fsp3) is 0.263. The number of alkyl halides is 2. The molecule has 27 heavy (non-hydrogen) atoms. The maximum absolute atomic E-state index is 15.0. The molecular formula is C19H18F2N6. The lowest BCUT2D eigenvalue weighted by molar-refractivity contribution is 0.151. The van der Waals surface area contributed by atoms with Crippen LogP contribution in [0, 0.1) is 13.8 Å². The second-order valence-electron chi connectivity index (χ2n) is 6.46. The zero-order chi connectivity index (χ0) is 19.1. The van der Waals surface area contributed by atoms with Crippen LogP contribution in [0.15, 0.2) is 42.7 Å². The van der Waals surface area contributed by atoms with Gasteiger partial charge < -0.3 is 4.57 Å². The highest BCUT2D eigenvalue weighted by Gasteiger charge is 2.32. The smallest absolute Gasteiger partial charge is 0.199 e. The van der Waals surface area contributed by atoms with E-state index in [-0.39, 0.29) is 11.6 Å². The van der Waals surface area contributed by atoms with Crippen molar-refractivity contribution in [2.24, 2.45) is 7.05 Å². The molecule has 138 valence electrons. The summed E-state index contributed by atoms with van der Waals surface area (Å²) in [7, 11) is 1.64. The topological polar surface area (TPSA) is 60.9 Å². The van der Waals surface area contributed by atoms with Gasteiger partial charge in [-0.3, -0.25) is 4.98 Å². The Morgan fingerprint density at radius 2 is 1.74 bits per heavy atom. The lowest BCUT2D eigenvalue weighted by Crippen LogP contribution is -2.09. The summed E-state index contributed by atoms with van der Waals surface area (Å²) in [5.41, 5.74) is 3.14. The van der Waals surface area contributed by atoms with E-state index in [1.54, 1.807) is 33.3 Å². The number of benzene rings is 1. The highest BCUT2D eigenvalue weighted by molar-refractivity contribution is 5.58. The molecule has 4 rings (SSSR count). The summed E-state index contributed by atoms with van der Waals surface area (Å²) in [5.74, 6) is -0.224. The van der Waals surface area contributed by atoms with Gasteiger partial charge in [-0.05, 0) is 13.8 Å². The lowest BCUT2D eigenvalue weighted by Gasteiger charge is -2.10. The maximum atomic E-state index is 15.0. The van der Waals surface area contributed by atoms with Crippen LogP contribution in [0.5, 0.6) is 0 Å². The number of imidazole rings is 1. The molecule has 0 N–H and O–H groups in total. The second kappa shape index (κ2) is 6.53. The molecule has 3 aromatic heterocycles. The fourth-order valence-electron chi connectivity index (χ4n) is 2.97. The molecule has 2 atom stereocenters. The highest BCUT2D eigenvalue weighted by Crippen LogP contribution is 2.34. The molecule has 1 aromatic carbocycles. The lowest BCUT2D eigenvalue weighted by atomic mass is 10.2. The van der Waals surface area contributed by atoms with Crippen molar-refractivity contribution >= 4 is 5.65 Å². The van der Waals surface area contributed by atoms with Crippen molar-refractivity contribution in [3.05, 3.63) is 65.8 Å². The number of fused-ring (bicyclic) bond motifs is 1. The van der Waals surface area contributed by atoms with Crippen LogP contribution in [0.25, 0.3) is 16.9 Å². The van der Waals surface area contributed by atoms with Gasteiger partial charge in [-0.2, -0.15) is 0 Å². The minimum Gasteiger partial charge on any atom is -0.335 e. The van der Waals surface area contributed by atoms with E-state index < -0.39 is 12.3 Å². The van der Waals surface area contributed by atoms with Gasteiger partial charge in [0.15, 0.2) is 23.8 Å². The van der Waals surface area contributed by atoms with Crippen molar-refractivity contribution in [3.63, 3.8) is 0 Å². The van der Waals surface area contributed by atoms with Gasteiger partial charge >= 0.3 is 0 Å². The van der Waals surface area contributed by atoms with Crippen LogP contribution < -0.4 is 0 Å². The predicted molar refractivity (Wildman–Crippen MR) is 96.6 cm³/mol. The zero-order valence-electron chi connectivity index (χ0n) is 15.1. The van der Waals surface area contributed by atoms with E-state index in [1.807, 2.05) is 30.3 Å². The van der Waals surface area contributed by atoms with Crippen molar-refractivity contribution < 1.29 is 8.78 Å². The van der Waals surface area contributed by atoms with Crippen LogP contribution >= 0.6 is 0 Å². The molecule has 0 unspecified atom stereocenters. The first-order chi connectivity index (χ1) is 13.0. The second-order valence-corrected chi connectivity index (χ2v) is 6.46. The third-order valence-electron chi connectivity index (χ3n) is 4.46. The van der Waals surface area contributed by atoms with E-state index >= 15 is 0 Å². The number of hydrogen-bond donors (Lipinski definition) is 0. The molecule has 8 heteroatoms. The standard InChI is InChI=1S/C19H18F2N6/c1-11-9-22-12(2)18-24-17(25-27(11)18)15(20)16(21)19-23-14(10-26(19)3)13-7-5-4-6-8-13/h4-10,15-16H,1-3H3/t15-,16+/m1/s1. The molecule has 0 aliphatic carbocycles. The van der Waals surface area contributed by atoms with Gasteiger partial charge in [-0.15, -0.1) is 5.10 Å². The summed E-state index contributed by atoms with van der Waals surface area (Å²) in [6, 6.07) is 9.36. The van der Waals surface area contributed by atoms with Crippen LogP contribution in [-0.2, 0) is 7.05 Å². The van der Waals surface area contributed by atoms with Gasteiger partial charge in [0.05, 0.1) is 17.1 Å². The van der Waals surface area contributed by atoms with Gasteiger partial charge in [-0.25, -0.2) is 23.3 Å². The maximum Gasteiger partial charge on any atom is 0.199 e. The molecule has 0 spiro atoms. The average molecular weight is 368 g/mol. The van der Waals surface area contributed by atoms with Crippen molar-refractivity contribution in [2.45, 2.75) is 26.2 Å². The van der Waals surface area contributed by atoms with Crippen LogP contribution in [0.1, 0.15) is 35.4 Å². The SMILES string of the molecule is Cc1ncc(C)n2nc([C@H](F)[C@H](F)c3nc(-c4ccccc4)cn3C)nc12. The third kappa shape index (κ3) is 2.97. The van der Waals surface area contributed by atoms with E-state index in [1.165, 1.54) is 9.08 Å². The van der Waals surface area contributed by atoms with E-state index in [2.05, 4.69) is 20.1 Å². The van der Waals surface area contributed by atoms with E-state index in [0.29, 0.717) is 22.7 Å². The third-order valence-corrected chi connectivity index (χ3v) is 4.46. The van der Waals surface area contributed by atoms with Crippen molar-refractivity contribution in [1.29, 1.82) is 0 Å². The largest absolute Gasteiger partial charge is 0.335 e. The molecule has 3 heterocycles. The quantitative estimate of drug-likeness (QED) is 0.549. The van der Waals surface area contributed by atoms with Crippen LogP contribution in [0.4, 0.5) is 8.78 Å². The van der Waals surface area contributed by atoms with Crippen molar-refractivity contribution in [3.8, 4) is 11.3 Å². The van der Waals surface area contributed by atoms with Crippen molar-refractivity contribution in [2.75, 3.05) is 0 Å². The van der Waals surface area contributed by atoms with Gasteiger partial charge in [0.25, 0.3) is 0 Å². The number of aromatic nitrogens is 6. The Kier molecular flexibility index (Phi) is 4.18. The Bertz CT molecular complexity index is 1060. The number of halogens is 2. The summed E-state index contributed by atoms with van der Waals surface area (Å²) in [4.78, 5) is 12.6. The molecule has 0 saturated heterocycles. The Balaban J connectivity index is 1.69. The minimum absolute atomic E-state index is 0.00761. The number of nitrogens with zero attached hydrogens (tertiary/aromatic N) is 6. The molecule has 0 amide bonds. The monoisotopic (exact) mass is 368 g/mol. The number of aryl methyl sites for hydroxylation is 3. The summed E-state index contributed by atoms with van der Waals surface area (Å²) < 4.78 is 32.9. The Labute approximate surface area is 154 Å². The number of hydrogen-bond acceptors (Lipinski definition) is 4. The normalized spacial score (nSPS) is 13.8. The van der Waals surface area contributed by atoms with Gasteiger partial charge in [0.2, 0.25) is 0 Å². The average Bonchev–Trinajstić information content (AvgIpc) is 3.29. The Morgan fingerprint density at radius 1 is 1.00 bits per heavy atom. The first-order valence-corrected chi connectivity index (χ1v) is 8.51. The van der Waals surface area contributed by atoms with E-state index in [4.69, 9.17) is 0 Å². The van der Waals surface area contributed by atoms with Gasteiger partial charge in [0, 0.05) is 25.0 Å². The van der Waals surface area contributed by atoms with E-state index in [0.717, 1.165) is 5.56 Å². The molecule has 0 aliphatic heterocycles. The van der Waals surface area contributed by atoms with Crippen LogP contribution in [0.3, 0.4) is 0 Å². The summed E-state index contributed by atoms with van der Waals surface area (Å²) in [5, 5.41) is 4.13. The van der Waals surface area contributed by atoms with Gasteiger partial charge in [0.1, 0.15) is 5.82 Å². The number of rotatable bonds is 4. The molecule has 0 fully saturated rings. The Morgan fingerprint density at radius 3 is 2.44 bits per heavy atom. The molecule has 6 nitrogen and oxygen atoms in total. The first-order valence-electron chi connectivity index (χ1n) is 8.51.